The molecule has 1 aromatic heterocycles. The highest BCUT2D eigenvalue weighted by molar-refractivity contribution is 5.95. The molecule has 0 bridgehead atoms. The van der Waals surface area contributed by atoms with Crippen LogP contribution in [0.25, 0.3) is 0 Å². The summed E-state index contributed by atoms with van der Waals surface area (Å²) >= 11 is 0. The lowest BCUT2D eigenvalue weighted by Crippen LogP contribution is -2.28. The number of anilines is 1. The largest absolute Gasteiger partial charge is 0.381 e. The van der Waals surface area contributed by atoms with Crippen molar-refractivity contribution in [3.8, 4) is 0 Å². The Bertz CT molecular complexity index is 470. The standard InChI is InChI=1S/C15H22FN3O/c1-10-2-4-11(5-3-10)6-8-19-15(20)12-7-9-18-14(17)13(12)16/h7,9-11H,2-6,8H2,1H3,(H2,17,18)(H,19,20). The van der Waals surface area contributed by atoms with Crippen LogP contribution in [-0.4, -0.2) is 17.4 Å². The van der Waals surface area contributed by atoms with Crippen molar-refractivity contribution < 1.29 is 9.18 Å². The van der Waals surface area contributed by atoms with E-state index in [9.17, 15) is 9.18 Å². The van der Waals surface area contributed by atoms with Crippen LogP contribution in [0.15, 0.2) is 12.3 Å². The minimum Gasteiger partial charge on any atom is -0.381 e. The number of halogens is 1. The maximum absolute atomic E-state index is 13.6. The molecule has 0 radical (unpaired) electrons. The fraction of sp³-hybridized carbons (Fsp3) is 0.600. The summed E-state index contributed by atoms with van der Waals surface area (Å²) in [5.74, 6) is 0.116. The molecule has 1 aliphatic rings. The number of nitrogens with zero attached hydrogens (tertiary/aromatic N) is 1. The highest BCUT2D eigenvalue weighted by Gasteiger charge is 2.19. The van der Waals surface area contributed by atoms with Gasteiger partial charge in [-0.25, -0.2) is 9.37 Å². The molecule has 3 N–H and O–H groups in total. The predicted octanol–water partition coefficient (Wildman–Crippen LogP) is 2.75. The molecular weight excluding hydrogens is 257 g/mol. The molecular formula is C15H22FN3O. The summed E-state index contributed by atoms with van der Waals surface area (Å²) in [5.41, 5.74) is 5.32. The van der Waals surface area contributed by atoms with Crippen molar-refractivity contribution in [3.63, 3.8) is 0 Å². The van der Waals surface area contributed by atoms with E-state index in [1.54, 1.807) is 0 Å². The smallest absolute Gasteiger partial charge is 0.254 e. The summed E-state index contributed by atoms with van der Waals surface area (Å²) in [5, 5.41) is 2.76. The summed E-state index contributed by atoms with van der Waals surface area (Å²) in [7, 11) is 0. The predicted molar refractivity (Wildman–Crippen MR) is 76.7 cm³/mol. The molecule has 1 heterocycles. The maximum Gasteiger partial charge on any atom is 0.254 e. The van der Waals surface area contributed by atoms with Gasteiger partial charge in [-0.2, -0.15) is 0 Å². The van der Waals surface area contributed by atoms with Crippen LogP contribution in [0.3, 0.4) is 0 Å². The van der Waals surface area contributed by atoms with E-state index in [0.29, 0.717) is 12.5 Å². The van der Waals surface area contributed by atoms with Crippen molar-refractivity contribution in [2.24, 2.45) is 11.8 Å². The van der Waals surface area contributed by atoms with Crippen LogP contribution >= 0.6 is 0 Å². The summed E-state index contributed by atoms with van der Waals surface area (Å²) in [4.78, 5) is 15.5. The minimum atomic E-state index is -0.739. The Morgan fingerprint density at radius 1 is 1.45 bits per heavy atom. The first kappa shape index (κ1) is 14.8. The quantitative estimate of drug-likeness (QED) is 0.890. The van der Waals surface area contributed by atoms with Crippen LogP contribution in [0.4, 0.5) is 10.2 Å². The van der Waals surface area contributed by atoms with Gasteiger partial charge in [0.25, 0.3) is 5.91 Å². The lowest BCUT2D eigenvalue weighted by atomic mass is 9.81. The van der Waals surface area contributed by atoms with E-state index >= 15 is 0 Å². The van der Waals surface area contributed by atoms with E-state index in [2.05, 4.69) is 17.2 Å². The number of carbonyl (C=O) groups excluding carboxylic acids is 1. The van der Waals surface area contributed by atoms with Gasteiger partial charge in [0.15, 0.2) is 11.6 Å². The van der Waals surface area contributed by atoms with Crippen molar-refractivity contribution in [2.75, 3.05) is 12.3 Å². The van der Waals surface area contributed by atoms with Gasteiger partial charge >= 0.3 is 0 Å². The third-order valence-electron chi connectivity index (χ3n) is 4.13. The number of nitrogen functional groups attached to an aromatic ring is 1. The van der Waals surface area contributed by atoms with Gasteiger partial charge in [0.1, 0.15) is 0 Å². The fourth-order valence-corrected chi connectivity index (χ4v) is 2.74. The van der Waals surface area contributed by atoms with Gasteiger partial charge in [0, 0.05) is 12.7 Å². The van der Waals surface area contributed by atoms with E-state index in [-0.39, 0.29) is 11.4 Å². The number of nitrogens with one attached hydrogen (secondary N) is 1. The number of amides is 1. The normalized spacial score (nSPS) is 22.5. The number of carbonyl (C=O) groups is 1. The zero-order valence-corrected chi connectivity index (χ0v) is 11.9. The molecule has 0 aliphatic heterocycles. The van der Waals surface area contributed by atoms with Crippen LogP contribution < -0.4 is 11.1 Å². The van der Waals surface area contributed by atoms with E-state index in [4.69, 9.17) is 5.73 Å². The zero-order chi connectivity index (χ0) is 14.5. The monoisotopic (exact) mass is 279 g/mol. The number of hydrogen-bond acceptors (Lipinski definition) is 3. The zero-order valence-electron chi connectivity index (χ0n) is 11.9. The average molecular weight is 279 g/mol. The number of pyridine rings is 1. The Morgan fingerprint density at radius 3 is 2.85 bits per heavy atom. The highest BCUT2D eigenvalue weighted by Crippen LogP contribution is 2.29. The first-order chi connectivity index (χ1) is 9.58. The minimum absolute atomic E-state index is 0.0326. The molecule has 1 aromatic rings. The van der Waals surface area contributed by atoms with Gasteiger partial charge in [-0.15, -0.1) is 0 Å². The molecule has 0 unspecified atom stereocenters. The van der Waals surface area contributed by atoms with E-state index < -0.39 is 11.7 Å². The Hall–Kier alpha value is -1.65. The molecule has 0 spiro atoms. The number of rotatable bonds is 4. The van der Waals surface area contributed by atoms with Crippen molar-refractivity contribution >= 4 is 11.7 Å². The molecule has 1 amide bonds. The molecule has 0 atom stereocenters. The summed E-state index contributed by atoms with van der Waals surface area (Å²) in [6.45, 7) is 2.87. The molecule has 20 heavy (non-hydrogen) atoms. The molecule has 1 fully saturated rings. The Kier molecular flexibility index (Phi) is 4.93. The van der Waals surface area contributed by atoms with Gasteiger partial charge in [-0.3, -0.25) is 4.79 Å². The Labute approximate surface area is 119 Å². The van der Waals surface area contributed by atoms with Gasteiger partial charge in [-0.1, -0.05) is 32.6 Å². The number of hydrogen-bond donors (Lipinski definition) is 2. The molecule has 0 saturated heterocycles. The Morgan fingerprint density at radius 2 is 2.15 bits per heavy atom. The first-order valence-electron chi connectivity index (χ1n) is 7.26. The molecule has 1 aliphatic carbocycles. The van der Waals surface area contributed by atoms with E-state index in [1.807, 2.05) is 0 Å². The fourth-order valence-electron chi connectivity index (χ4n) is 2.74. The summed E-state index contributed by atoms with van der Waals surface area (Å²) in [6, 6.07) is 1.35. The van der Waals surface area contributed by atoms with E-state index in [1.165, 1.54) is 37.9 Å². The molecule has 1 saturated carbocycles. The van der Waals surface area contributed by atoms with Crippen molar-refractivity contribution in [3.05, 3.63) is 23.6 Å². The molecule has 5 heteroatoms. The second-order valence-electron chi connectivity index (χ2n) is 5.73. The van der Waals surface area contributed by atoms with Crippen LogP contribution in [0.2, 0.25) is 0 Å². The molecule has 0 aromatic carbocycles. The van der Waals surface area contributed by atoms with Crippen molar-refractivity contribution in [1.82, 2.24) is 10.3 Å². The van der Waals surface area contributed by atoms with Crippen LogP contribution in [0, 0.1) is 17.7 Å². The molecule has 110 valence electrons. The third kappa shape index (κ3) is 3.68. The lowest BCUT2D eigenvalue weighted by molar-refractivity contribution is 0.0945. The first-order valence-corrected chi connectivity index (χ1v) is 7.26. The summed E-state index contributed by atoms with van der Waals surface area (Å²) < 4.78 is 13.6. The second kappa shape index (κ2) is 6.68. The maximum atomic E-state index is 13.6. The van der Waals surface area contributed by atoms with Gasteiger partial charge in [0.2, 0.25) is 0 Å². The number of aromatic nitrogens is 1. The van der Waals surface area contributed by atoms with Crippen LogP contribution in [0.1, 0.15) is 49.4 Å². The number of nitrogens with two attached hydrogens (primary N) is 1. The summed E-state index contributed by atoms with van der Waals surface area (Å²) in [6.07, 6.45) is 7.31. The van der Waals surface area contributed by atoms with Gasteiger partial charge in [-0.05, 0) is 24.3 Å². The van der Waals surface area contributed by atoms with Gasteiger partial charge < -0.3 is 11.1 Å². The average Bonchev–Trinajstić information content (AvgIpc) is 2.44. The van der Waals surface area contributed by atoms with Crippen molar-refractivity contribution in [2.45, 2.75) is 39.0 Å². The van der Waals surface area contributed by atoms with Crippen molar-refractivity contribution in [1.29, 1.82) is 0 Å². The van der Waals surface area contributed by atoms with Gasteiger partial charge in [0.05, 0.1) is 5.56 Å². The highest BCUT2D eigenvalue weighted by atomic mass is 19.1. The molecule has 2 rings (SSSR count). The Balaban J connectivity index is 1.79. The molecule has 4 nitrogen and oxygen atoms in total. The second-order valence-corrected chi connectivity index (χ2v) is 5.73. The third-order valence-corrected chi connectivity index (χ3v) is 4.13. The lowest BCUT2D eigenvalue weighted by Gasteiger charge is -2.26. The van der Waals surface area contributed by atoms with Crippen LogP contribution in [-0.2, 0) is 0 Å². The van der Waals surface area contributed by atoms with E-state index in [0.717, 1.165) is 12.3 Å². The SMILES string of the molecule is CC1CCC(CCNC(=O)c2ccnc(N)c2F)CC1. The topological polar surface area (TPSA) is 68.0 Å². The van der Waals surface area contributed by atoms with Crippen LogP contribution in [0.5, 0.6) is 0 Å².